The molecule has 7 heteroatoms. The zero-order valence-corrected chi connectivity index (χ0v) is 15.9. The minimum atomic E-state index is 0.364. The molecule has 29 heavy (non-hydrogen) atoms. The van der Waals surface area contributed by atoms with E-state index in [-0.39, 0.29) is 0 Å². The number of nitrogens with zero attached hydrogens (tertiary/aromatic N) is 6. The normalized spacial score (nSPS) is 14.8. The zero-order chi connectivity index (χ0) is 19.5. The van der Waals surface area contributed by atoms with Crippen LogP contribution in [-0.4, -0.2) is 43.3 Å². The smallest absolute Gasteiger partial charge is 0.204 e. The van der Waals surface area contributed by atoms with E-state index in [0.717, 1.165) is 48.4 Å². The van der Waals surface area contributed by atoms with E-state index in [9.17, 15) is 0 Å². The largest absolute Gasteiger partial charge is 0.317 e. The van der Waals surface area contributed by atoms with Crippen LogP contribution >= 0.6 is 0 Å². The molecule has 2 aromatic carbocycles. The molecule has 7 nitrogen and oxygen atoms in total. The lowest BCUT2D eigenvalue weighted by Gasteiger charge is -2.22. The summed E-state index contributed by atoms with van der Waals surface area (Å²) in [6.07, 6.45) is 4.03. The molecule has 0 saturated carbocycles. The fourth-order valence-electron chi connectivity index (χ4n) is 3.65. The molecule has 0 radical (unpaired) electrons. The fraction of sp³-hybridized carbons (Fsp3) is 0.227. The molecule has 1 aliphatic heterocycles. The Bertz CT molecular complexity index is 1090. The number of aromatic nitrogens is 6. The van der Waals surface area contributed by atoms with Crippen molar-refractivity contribution < 1.29 is 0 Å². The first kappa shape index (κ1) is 17.6. The van der Waals surface area contributed by atoms with Gasteiger partial charge >= 0.3 is 0 Å². The topological polar surface area (TPSA) is 81.4 Å². The van der Waals surface area contributed by atoms with E-state index in [0.29, 0.717) is 17.6 Å². The predicted octanol–water partition coefficient (Wildman–Crippen LogP) is 3.39. The molecule has 0 bridgehead atoms. The van der Waals surface area contributed by atoms with Gasteiger partial charge in [-0.2, -0.15) is 0 Å². The number of nitrogens with one attached hydrogen (secondary N) is 1. The third-order valence-electron chi connectivity index (χ3n) is 5.20. The SMILES string of the molecule is c1ccc(-c2nnc(-c3cn(C4CCNCC4)nn3)nc2-c2ccccc2)cc1. The maximum absolute atomic E-state index is 4.85. The number of benzene rings is 2. The Morgan fingerprint density at radius 1 is 0.759 bits per heavy atom. The van der Waals surface area contributed by atoms with Crippen LogP contribution in [0.4, 0.5) is 0 Å². The molecular formula is C22H21N7. The van der Waals surface area contributed by atoms with Crippen molar-refractivity contribution in [1.82, 2.24) is 35.5 Å². The molecule has 3 heterocycles. The molecule has 4 aromatic rings. The van der Waals surface area contributed by atoms with E-state index >= 15 is 0 Å². The van der Waals surface area contributed by atoms with Crippen molar-refractivity contribution in [3.05, 3.63) is 66.9 Å². The Hall–Kier alpha value is -3.45. The van der Waals surface area contributed by atoms with Gasteiger partial charge in [-0.25, -0.2) is 9.67 Å². The van der Waals surface area contributed by atoms with Crippen LogP contribution < -0.4 is 5.32 Å². The van der Waals surface area contributed by atoms with Gasteiger partial charge in [0.15, 0.2) is 5.69 Å². The van der Waals surface area contributed by atoms with Crippen molar-refractivity contribution in [1.29, 1.82) is 0 Å². The van der Waals surface area contributed by atoms with Crippen LogP contribution in [-0.2, 0) is 0 Å². The molecule has 0 spiro atoms. The highest BCUT2D eigenvalue weighted by Gasteiger charge is 2.19. The second-order valence-corrected chi connectivity index (χ2v) is 7.13. The van der Waals surface area contributed by atoms with Crippen molar-refractivity contribution in [3.8, 4) is 34.0 Å². The summed E-state index contributed by atoms with van der Waals surface area (Å²) in [4.78, 5) is 4.85. The van der Waals surface area contributed by atoms with E-state index in [4.69, 9.17) is 4.98 Å². The van der Waals surface area contributed by atoms with Crippen LogP contribution in [0.15, 0.2) is 66.9 Å². The van der Waals surface area contributed by atoms with Gasteiger partial charge in [0.05, 0.1) is 12.2 Å². The molecule has 0 aliphatic carbocycles. The quantitative estimate of drug-likeness (QED) is 0.582. The summed E-state index contributed by atoms with van der Waals surface area (Å²) in [7, 11) is 0. The summed E-state index contributed by atoms with van der Waals surface area (Å²) in [6.45, 7) is 2.00. The van der Waals surface area contributed by atoms with Crippen LogP contribution in [0.5, 0.6) is 0 Å². The Morgan fingerprint density at radius 2 is 1.41 bits per heavy atom. The standard InChI is InChI=1S/C22H21N7/c1-3-7-16(8-4-1)20-21(17-9-5-2-6-10-17)26-27-22(24-20)19-15-29(28-25-19)18-11-13-23-14-12-18/h1-10,15,18,23H,11-14H2. The van der Waals surface area contributed by atoms with Crippen molar-refractivity contribution >= 4 is 0 Å². The summed E-state index contributed by atoms with van der Waals surface area (Å²) in [5.74, 6) is 0.490. The van der Waals surface area contributed by atoms with Gasteiger partial charge in [-0.15, -0.1) is 15.3 Å². The Kier molecular flexibility index (Phi) is 4.80. The Balaban J connectivity index is 1.56. The number of rotatable bonds is 4. The number of hydrogen-bond donors (Lipinski definition) is 1. The summed E-state index contributed by atoms with van der Waals surface area (Å²) >= 11 is 0. The Morgan fingerprint density at radius 3 is 2.10 bits per heavy atom. The summed E-state index contributed by atoms with van der Waals surface area (Å²) in [5.41, 5.74) is 4.17. The second kappa shape index (κ2) is 7.89. The molecule has 0 amide bonds. The third kappa shape index (κ3) is 3.64. The summed E-state index contributed by atoms with van der Waals surface area (Å²) < 4.78 is 1.94. The third-order valence-corrected chi connectivity index (χ3v) is 5.20. The van der Waals surface area contributed by atoms with Crippen LogP contribution in [0.3, 0.4) is 0 Å². The molecule has 1 aliphatic rings. The molecule has 2 aromatic heterocycles. The fourth-order valence-corrected chi connectivity index (χ4v) is 3.65. The first-order valence-corrected chi connectivity index (χ1v) is 9.87. The van der Waals surface area contributed by atoms with Gasteiger partial charge in [0.1, 0.15) is 11.4 Å². The monoisotopic (exact) mass is 383 g/mol. The molecule has 1 N–H and O–H groups in total. The highest BCUT2D eigenvalue weighted by molar-refractivity contribution is 5.78. The summed E-state index contributed by atoms with van der Waals surface area (Å²) in [5, 5.41) is 20.9. The van der Waals surface area contributed by atoms with Crippen LogP contribution in [0, 0.1) is 0 Å². The van der Waals surface area contributed by atoms with Gasteiger partial charge in [-0.1, -0.05) is 65.9 Å². The molecule has 5 rings (SSSR count). The molecule has 1 saturated heterocycles. The molecular weight excluding hydrogens is 362 g/mol. The van der Waals surface area contributed by atoms with Gasteiger partial charge < -0.3 is 5.32 Å². The highest BCUT2D eigenvalue weighted by atomic mass is 15.4. The first-order chi connectivity index (χ1) is 14.4. The molecule has 144 valence electrons. The molecule has 0 atom stereocenters. The first-order valence-electron chi connectivity index (χ1n) is 9.87. The van der Waals surface area contributed by atoms with Gasteiger partial charge in [0.2, 0.25) is 5.82 Å². The lowest BCUT2D eigenvalue weighted by molar-refractivity contribution is 0.337. The van der Waals surface area contributed by atoms with E-state index in [1.165, 1.54) is 0 Å². The van der Waals surface area contributed by atoms with Crippen molar-refractivity contribution in [2.24, 2.45) is 0 Å². The second-order valence-electron chi connectivity index (χ2n) is 7.13. The van der Waals surface area contributed by atoms with Crippen molar-refractivity contribution in [3.63, 3.8) is 0 Å². The van der Waals surface area contributed by atoms with Gasteiger partial charge in [-0.05, 0) is 25.9 Å². The molecule has 0 unspecified atom stereocenters. The average molecular weight is 383 g/mol. The highest BCUT2D eigenvalue weighted by Crippen LogP contribution is 2.29. The van der Waals surface area contributed by atoms with E-state index in [2.05, 4.69) is 25.8 Å². The predicted molar refractivity (Wildman–Crippen MR) is 111 cm³/mol. The zero-order valence-electron chi connectivity index (χ0n) is 15.9. The number of piperidine rings is 1. The van der Waals surface area contributed by atoms with Crippen LogP contribution in [0.2, 0.25) is 0 Å². The minimum absolute atomic E-state index is 0.364. The van der Waals surface area contributed by atoms with Crippen LogP contribution in [0.25, 0.3) is 34.0 Å². The van der Waals surface area contributed by atoms with Crippen molar-refractivity contribution in [2.45, 2.75) is 18.9 Å². The van der Waals surface area contributed by atoms with Gasteiger partial charge in [0, 0.05) is 11.1 Å². The molecule has 1 fully saturated rings. The van der Waals surface area contributed by atoms with E-state index in [1.54, 1.807) is 0 Å². The Labute approximate surface area is 168 Å². The lowest BCUT2D eigenvalue weighted by atomic mass is 10.0. The lowest BCUT2D eigenvalue weighted by Crippen LogP contribution is -2.29. The van der Waals surface area contributed by atoms with E-state index < -0.39 is 0 Å². The summed E-state index contributed by atoms with van der Waals surface area (Å²) in [6, 6.07) is 20.4. The maximum atomic E-state index is 4.85. The maximum Gasteiger partial charge on any atom is 0.204 e. The van der Waals surface area contributed by atoms with Gasteiger partial charge in [0.25, 0.3) is 0 Å². The minimum Gasteiger partial charge on any atom is -0.317 e. The van der Waals surface area contributed by atoms with E-state index in [1.807, 2.05) is 71.5 Å². The van der Waals surface area contributed by atoms with Gasteiger partial charge in [-0.3, -0.25) is 0 Å². The van der Waals surface area contributed by atoms with Crippen molar-refractivity contribution in [2.75, 3.05) is 13.1 Å². The van der Waals surface area contributed by atoms with Crippen LogP contribution in [0.1, 0.15) is 18.9 Å². The number of hydrogen-bond acceptors (Lipinski definition) is 6. The average Bonchev–Trinajstić information content (AvgIpc) is 3.31.